The Morgan fingerprint density at radius 3 is 2.64 bits per heavy atom. The number of halogens is 1. The molecular weight excluding hydrogens is 200 g/mol. The Morgan fingerprint density at radius 1 is 1.50 bits per heavy atom. The van der Waals surface area contributed by atoms with E-state index in [-0.39, 0.29) is 0 Å². The smallest absolute Gasteiger partial charge is 0.125 e. The highest BCUT2D eigenvalue weighted by atomic mass is 35.5. The summed E-state index contributed by atoms with van der Waals surface area (Å²) in [5, 5.41) is 10.7. The molecule has 0 spiro atoms. The van der Waals surface area contributed by atoms with Gasteiger partial charge in [0.1, 0.15) is 5.75 Å². The number of hydrogen-bond donors (Lipinski definition) is 1. The minimum absolute atomic E-state index is 0.606. The summed E-state index contributed by atoms with van der Waals surface area (Å²) in [6.07, 6.45) is 0.615. The summed E-state index contributed by atoms with van der Waals surface area (Å²) in [6, 6.07) is 5.25. The molecule has 0 aromatic heterocycles. The second kappa shape index (κ2) is 4.20. The van der Waals surface area contributed by atoms with Crippen LogP contribution < -0.4 is 4.74 Å². The highest BCUT2D eigenvalue weighted by Gasteiger charge is 2.24. The fourth-order valence-corrected chi connectivity index (χ4v) is 1.46. The van der Waals surface area contributed by atoms with Gasteiger partial charge in [-0.3, -0.25) is 0 Å². The van der Waals surface area contributed by atoms with E-state index < -0.39 is 5.60 Å². The lowest BCUT2D eigenvalue weighted by molar-refractivity contribution is 0.0505. The highest BCUT2D eigenvalue weighted by molar-refractivity contribution is 6.30. The molecule has 78 valence electrons. The van der Waals surface area contributed by atoms with Crippen LogP contribution in [0.2, 0.25) is 5.02 Å². The molecule has 0 unspecified atom stereocenters. The van der Waals surface area contributed by atoms with Gasteiger partial charge < -0.3 is 9.84 Å². The summed E-state index contributed by atoms with van der Waals surface area (Å²) in [5.41, 5.74) is -0.161. The molecule has 1 aromatic carbocycles. The first-order valence-electron chi connectivity index (χ1n) is 4.57. The summed E-state index contributed by atoms with van der Waals surface area (Å²) in [4.78, 5) is 0. The lowest BCUT2D eigenvalue weighted by Gasteiger charge is -2.24. The maximum atomic E-state index is 10.1. The molecule has 3 heteroatoms. The molecule has 0 saturated carbocycles. The molecule has 0 aliphatic rings. The van der Waals surface area contributed by atoms with Crippen LogP contribution in [0, 0.1) is 0 Å². The number of benzene rings is 1. The SMILES string of the molecule is CC[C@@](C)(O)c1cc(Cl)ccc1OC. The predicted octanol–water partition coefficient (Wildman–Crippen LogP) is 2.97. The molecule has 0 bridgehead atoms. The molecule has 1 aromatic rings. The van der Waals surface area contributed by atoms with Gasteiger partial charge in [-0.05, 0) is 31.5 Å². The molecule has 1 rings (SSSR count). The molecule has 0 aliphatic heterocycles. The van der Waals surface area contributed by atoms with E-state index in [4.69, 9.17) is 16.3 Å². The number of rotatable bonds is 3. The van der Waals surface area contributed by atoms with E-state index in [9.17, 15) is 5.11 Å². The van der Waals surface area contributed by atoms with Crippen molar-refractivity contribution in [2.45, 2.75) is 25.9 Å². The molecule has 0 radical (unpaired) electrons. The zero-order valence-corrected chi connectivity index (χ0v) is 9.43. The van der Waals surface area contributed by atoms with Gasteiger partial charge >= 0.3 is 0 Å². The molecule has 2 nitrogen and oxygen atoms in total. The van der Waals surface area contributed by atoms with Crippen LogP contribution in [0.25, 0.3) is 0 Å². The van der Waals surface area contributed by atoms with Gasteiger partial charge in [-0.15, -0.1) is 0 Å². The van der Waals surface area contributed by atoms with Crippen molar-refractivity contribution in [1.82, 2.24) is 0 Å². The van der Waals surface area contributed by atoms with Gasteiger partial charge in [0, 0.05) is 10.6 Å². The third kappa shape index (κ3) is 2.20. The quantitative estimate of drug-likeness (QED) is 0.839. The normalized spacial score (nSPS) is 14.9. The third-order valence-electron chi connectivity index (χ3n) is 2.43. The third-order valence-corrected chi connectivity index (χ3v) is 2.67. The lowest BCUT2D eigenvalue weighted by atomic mass is 9.92. The summed E-state index contributed by atoms with van der Waals surface area (Å²) >= 11 is 5.87. The Hall–Kier alpha value is -0.730. The van der Waals surface area contributed by atoms with E-state index in [0.717, 1.165) is 5.56 Å². The monoisotopic (exact) mass is 214 g/mol. The zero-order chi connectivity index (χ0) is 10.8. The zero-order valence-electron chi connectivity index (χ0n) is 8.67. The van der Waals surface area contributed by atoms with E-state index in [0.29, 0.717) is 17.2 Å². The van der Waals surface area contributed by atoms with Crippen molar-refractivity contribution in [2.24, 2.45) is 0 Å². The van der Waals surface area contributed by atoms with Gasteiger partial charge in [-0.1, -0.05) is 18.5 Å². The van der Waals surface area contributed by atoms with Crippen LogP contribution in [-0.4, -0.2) is 12.2 Å². The predicted molar refractivity (Wildman–Crippen MR) is 57.9 cm³/mol. The van der Waals surface area contributed by atoms with Crippen molar-refractivity contribution in [3.8, 4) is 5.75 Å². The van der Waals surface area contributed by atoms with E-state index in [1.165, 1.54) is 0 Å². The molecule has 0 aliphatic carbocycles. The van der Waals surface area contributed by atoms with Gasteiger partial charge in [0.2, 0.25) is 0 Å². The molecule has 1 atom stereocenters. The Balaban J connectivity index is 3.23. The van der Waals surface area contributed by atoms with Gasteiger partial charge in [0.05, 0.1) is 12.7 Å². The topological polar surface area (TPSA) is 29.5 Å². The maximum absolute atomic E-state index is 10.1. The summed E-state index contributed by atoms with van der Waals surface area (Å²) in [5.74, 6) is 0.668. The average molecular weight is 215 g/mol. The minimum atomic E-state index is -0.893. The van der Waals surface area contributed by atoms with Crippen LogP contribution in [-0.2, 0) is 5.60 Å². The number of ether oxygens (including phenoxy) is 1. The minimum Gasteiger partial charge on any atom is -0.496 e. The standard InChI is InChI=1S/C11H15ClO2/c1-4-11(2,13)9-7-8(12)5-6-10(9)14-3/h5-7,13H,4H2,1-3H3/t11-/m1/s1. The van der Waals surface area contributed by atoms with E-state index >= 15 is 0 Å². The van der Waals surface area contributed by atoms with Crippen molar-refractivity contribution in [1.29, 1.82) is 0 Å². The van der Waals surface area contributed by atoms with Gasteiger partial charge in [0.25, 0.3) is 0 Å². The molecule has 14 heavy (non-hydrogen) atoms. The van der Waals surface area contributed by atoms with Gasteiger partial charge in [0.15, 0.2) is 0 Å². The molecule has 0 amide bonds. The van der Waals surface area contributed by atoms with Crippen LogP contribution in [0.5, 0.6) is 5.75 Å². The fraction of sp³-hybridized carbons (Fsp3) is 0.455. The van der Waals surface area contributed by atoms with E-state index in [2.05, 4.69) is 0 Å². The summed E-state index contributed by atoms with van der Waals surface area (Å²) in [7, 11) is 1.58. The molecule has 0 heterocycles. The van der Waals surface area contributed by atoms with Crippen molar-refractivity contribution in [3.63, 3.8) is 0 Å². The summed E-state index contributed by atoms with van der Waals surface area (Å²) in [6.45, 7) is 3.67. The maximum Gasteiger partial charge on any atom is 0.125 e. The van der Waals surface area contributed by atoms with E-state index in [1.54, 1.807) is 32.2 Å². The van der Waals surface area contributed by atoms with Crippen LogP contribution >= 0.6 is 11.6 Å². The Kier molecular flexibility index (Phi) is 3.40. The summed E-state index contributed by atoms with van der Waals surface area (Å²) < 4.78 is 5.17. The largest absolute Gasteiger partial charge is 0.496 e. The number of hydrogen-bond acceptors (Lipinski definition) is 2. The molecular formula is C11H15ClO2. The van der Waals surface area contributed by atoms with Crippen LogP contribution in [0.3, 0.4) is 0 Å². The first-order chi connectivity index (χ1) is 6.51. The molecule has 1 N–H and O–H groups in total. The second-order valence-electron chi connectivity index (χ2n) is 3.47. The first kappa shape index (κ1) is 11.3. The van der Waals surface area contributed by atoms with E-state index in [1.807, 2.05) is 6.92 Å². The van der Waals surface area contributed by atoms with Gasteiger partial charge in [-0.25, -0.2) is 0 Å². The Bertz CT molecular complexity index is 321. The van der Waals surface area contributed by atoms with Crippen molar-refractivity contribution in [2.75, 3.05) is 7.11 Å². The fourth-order valence-electron chi connectivity index (χ4n) is 1.29. The number of methoxy groups -OCH3 is 1. The van der Waals surface area contributed by atoms with Crippen LogP contribution in [0.4, 0.5) is 0 Å². The van der Waals surface area contributed by atoms with Crippen LogP contribution in [0.15, 0.2) is 18.2 Å². The molecule has 0 fully saturated rings. The van der Waals surface area contributed by atoms with Crippen molar-refractivity contribution in [3.05, 3.63) is 28.8 Å². The highest BCUT2D eigenvalue weighted by Crippen LogP contribution is 2.34. The van der Waals surface area contributed by atoms with Crippen LogP contribution in [0.1, 0.15) is 25.8 Å². The lowest BCUT2D eigenvalue weighted by Crippen LogP contribution is -2.20. The average Bonchev–Trinajstić information content (AvgIpc) is 2.18. The van der Waals surface area contributed by atoms with Gasteiger partial charge in [-0.2, -0.15) is 0 Å². The Morgan fingerprint density at radius 2 is 2.14 bits per heavy atom. The second-order valence-corrected chi connectivity index (χ2v) is 3.91. The molecule has 0 saturated heterocycles. The van der Waals surface area contributed by atoms with Crippen molar-refractivity contribution >= 4 is 11.6 Å². The Labute approximate surface area is 89.5 Å². The first-order valence-corrected chi connectivity index (χ1v) is 4.95. The number of aliphatic hydroxyl groups is 1. The van der Waals surface area contributed by atoms with Crippen molar-refractivity contribution < 1.29 is 9.84 Å².